The lowest BCUT2D eigenvalue weighted by Crippen LogP contribution is -1.81. The zero-order valence-corrected chi connectivity index (χ0v) is 7.39. The Labute approximate surface area is 69.0 Å². The molecule has 0 aliphatic heterocycles. The molecule has 0 atom stereocenters. The van der Waals surface area contributed by atoms with E-state index >= 15 is 0 Å². The van der Waals surface area contributed by atoms with Gasteiger partial charge in [0.05, 0.1) is 9.21 Å². The van der Waals surface area contributed by atoms with E-state index in [1.807, 2.05) is 21.2 Å². The number of aromatic nitrogens is 1. The molecule has 50 valence electrons. The molecular weight excluding hydrogens is 253 g/mol. The fourth-order valence-electron chi connectivity index (χ4n) is 0.391. The molecule has 9 heavy (non-hydrogen) atoms. The normalized spacial score (nSPS) is 9.89. The first-order valence-corrected chi connectivity index (χ1v) is 5.49. The van der Waals surface area contributed by atoms with E-state index in [9.17, 15) is 0 Å². The van der Waals surface area contributed by atoms with Crippen molar-refractivity contribution in [2.45, 2.75) is 6.61 Å². The highest BCUT2D eigenvalue weighted by Gasteiger charge is 1.93. The second-order valence-corrected chi connectivity index (χ2v) is 2.75. The molecule has 0 aliphatic rings. The van der Waals surface area contributed by atoms with Gasteiger partial charge >= 0.3 is 0 Å². The Morgan fingerprint density at radius 3 is 3.33 bits per heavy atom. The van der Waals surface area contributed by atoms with Gasteiger partial charge in [-0.05, 0) is 0 Å². The van der Waals surface area contributed by atoms with Crippen molar-refractivity contribution in [1.29, 1.82) is 0 Å². The van der Waals surface area contributed by atoms with Crippen molar-refractivity contribution in [1.82, 2.24) is 4.98 Å². The first-order chi connectivity index (χ1) is 4.43. The second kappa shape index (κ2) is 4.13. The lowest BCUT2D eigenvalue weighted by molar-refractivity contribution is 0.364. The Balaban J connectivity index is 2.30. The summed E-state index contributed by atoms with van der Waals surface area (Å²) in [5.41, 5.74) is 0.819. The molecule has 0 aromatic carbocycles. The van der Waals surface area contributed by atoms with Crippen molar-refractivity contribution in [3.05, 3.63) is 18.4 Å². The highest BCUT2D eigenvalue weighted by Crippen LogP contribution is 2.14. The van der Waals surface area contributed by atoms with Crippen LogP contribution in [0.2, 0.25) is 0 Å². The topological polar surface area (TPSA) is 35.3 Å². The van der Waals surface area contributed by atoms with E-state index in [0.717, 1.165) is 5.69 Å². The molecular formula is C4H4INO2S. The fraction of sp³-hybridized carbons (Fsp3) is 0.250. The van der Waals surface area contributed by atoms with Gasteiger partial charge in [-0.3, -0.25) is 4.18 Å². The second-order valence-electron chi connectivity index (χ2n) is 1.30. The van der Waals surface area contributed by atoms with Crippen molar-refractivity contribution in [3.8, 4) is 0 Å². The Bertz CT molecular complexity index is 156. The van der Waals surface area contributed by atoms with Gasteiger partial charge < -0.3 is 4.42 Å². The molecule has 0 saturated carbocycles. The fourth-order valence-corrected chi connectivity index (χ4v) is 0.938. The quantitative estimate of drug-likeness (QED) is 0.614. The van der Waals surface area contributed by atoms with Crippen LogP contribution in [0.5, 0.6) is 0 Å². The van der Waals surface area contributed by atoms with Gasteiger partial charge in [0.1, 0.15) is 18.6 Å². The first kappa shape index (κ1) is 7.36. The van der Waals surface area contributed by atoms with Crippen molar-refractivity contribution < 1.29 is 8.60 Å². The van der Waals surface area contributed by atoms with E-state index in [1.165, 1.54) is 15.6 Å². The van der Waals surface area contributed by atoms with Gasteiger partial charge in [-0.2, -0.15) is 0 Å². The summed E-state index contributed by atoms with van der Waals surface area (Å²) in [6, 6.07) is 0. The van der Waals surface area contributed by atoms with Gasteiger partial charge in [-0.1, -0.05) is 0 Å². The van der Waals surface area contributed by atoms with Crippen molar-refractivity contribution in [2.75, 3.05) is 0 Å². The monoisotopic (exact) mass is 257 g/mol. The third-order valence-corrected chi connectivity index (χ3v) is 1.70. The minimum Gasteiger partial charge on any atom is -0.451 e. The summed E-state index contributed by atoms with van der Waals surface area (Å²) >= 11 is 2.05. The van der Waals surface area contributed by atoms with Crippen LogP contribution < -0.4 is 0 Å². The molecule has 3 nitrogen and oxygen atoms in total. The third kappa shape index (κ3) is 2.55. The zero-order chi connectivity index (χ0) is 6.53. The molecule has 0 bridgehead atoms. The molecule has 0 radical (unpaired) electrons. The molecule has 0 fully saturated rings. The lowest BCUT2D eigenvalue weighted by Gasteiger charge is -1.89. The number of nitrogens with zero attached hydrogens (tertiary/aromatic N) is 1. The molecule has 1 heterocycles. The number of halogens is 1. The predicted octanol–water partition coefficient (Wildman–Crippen LogP) is 2.19. The smallest absolute Gasteiger partial charge is 0.180 e. The van der Waals surface area contributed by atoms with Crippen LogP contribution in [0.1, 0.15) is 5.69 Å². The van der Waals surface area contributed by atoms with E-state index in [-0.39, 0.29) is 0 Å². The average molecular weight is 257 g/mol. The van der Waals surface area contributed by atoms with E-state index in [4.69, 9.17) is 8.60 Å². The summed E-state index contributed by atoms with van der Waals surface area (Å²) in [4.78, 5) is 3.85. The van der Waals surface area contributed by atoms with E-state index in [2.05, 4.69) is 4.98 Å². The maximum Gasteiger partial charge on any atom is 0.180 e. The minimum atomic E-state index is 0.504. The number of oxazole rings is 1. The summed E-state index contributed by atoms with van der Waals surface area (Å²) in [6.07, 6.45) is 2.95. The summed E-state index contributed by atoms with van der Waals surface area (Å²) in [7, 11) is 1.29. The van der Waals surface area contributed by atoms with Crippen LogP contribution in [0.3, 0.4) is 0 Å². The lowest BCUT2D eigenvalue weighted by atomic mass is 10.5. The molecule has 0 spiro atoms. The molecule has 1 aromatic rings. The molecule has 1 aromatic heterocycles. The van der Waals surface area contributed by atoms with Crippen molar-refractivity contribution >= 4 is 30.4 Å². The van der Waals surface area contributed by atoms with Gasteiger partial charge in [-0.15, -0.1) is 0 Å². The summed E-state index contributed by atoms with van der Waals surface area (Å²) in [5.74, 6) is 0. The van der Waals surface area contributed by atoms with Crippen LogP contribution >= 0.6 is 30.4 Å². The molecule has 5 heteroatoms. The Morgan fingerprint density at radius 1 is 1.89 bits per heavy atom. The SMILES string of the molecule is ISOCc1cocn1. The first-order valence-electron chi connectivity index (χ1n) is 2.21. The molecule has 0 N–H and O–H groups in total. The molecule has 0 aliphatic carbocycles. The number of hydrogen-bond acceptors (Lipinski definition) is 4. The highest BCUT2D eigenvalue weighted by molar-refractivity contribution is 14.2. The van der Waals surface area contributed by atoms with Crippen LogP contribution in [0.4, 0.5) is 0 Å². The van der Waals surface area contributed by atoms with E-state index < -0.39 is 0 Å². The molecule has 0 amide bonds. The Kier molecular flexibility index (Phi) is 3.37. The third-order valence-electron chi connectivity index (χ3n) is 0.735. The Morgan fingerprint density at radius 2 is 2.78 bits per heavy atom. The van der Waals surface area contributed by atoms with Crippen LogP contribution in [0, 0.1) is 0 Å². The average Bonchev–Trinajstić information content (AvgIpc) is 2.34. The van der Waals surface area contributed by atoms with Gasteiger partial charge in [0, 0.05) is 21.2 Å². The van der Waals surface area contributed by atoms with Gasteiger partial charge in [0.2, 0.25) is 0 Å². The van der Waals surface area contributed by atoms with Crippen molar-refractivity contribution in [2.24, 2.45) is 0 Å². The zero-order valence-electron chi connectivity index (χ0n) is 4.41. The van der Waals surface area contributed by atoms with Gasteiger partial charge in [0.25, 0.3) is 0 Å². The van der Waals surface area contributed by atoms with Crippen LogP contribution in [-0.2, 0) is 10.8 Å². The summed E-state index contributed by atoms with van der Waals surface area (Å²) < 4.78 is 9.67. The van der Waals surface area contributed by atoms with Crippen LogP contribution in [0.15, 0.2) is 17.1 Å². The maximum atomic E-state index is 4.96. The molecule has 0 saturated heterocycles. The number of hydrogen-bond donors (Lipinski definition) is 0. The maximum absolute atomic E-state index is 4.96. The largest absolute Gasteiger partial charge is 0.451 e. The Hall–Kier alpha value is 0.250. The van der Waals surface area contributed by atoms with E-state index in [1.54, 1.807) is 6.26 Å². The molecule has 1 rings (SSSR count). The summed E-state index contributed by atoms with van der Waals surface area (Å²) in [5, 5.41) is 0. The van der Waals surface area contributed by atoms with Crippen LogP contribution in [0.25, 0.3) is 0 Å². The van der Waals surface area contributed by atoms with Crippen LogP contribution in [-0.4, -0.2) is 4.98 Å². The predicted molar refractivity (Wildman–Crippen MR) is 42.9 cm³/mol. The van der Waals surface area contributed by atoms with Gasteiger partial charge in [-0.25, -0.2) is 4.98 Å². The van der Waals surface area contributed by atoms with Gasteiger partial charge in [0.15, 0.2) is 6.39 Å². The highest BCUT2D eigenvalue weighted by atomic mass is 127. The number of rotatable bonds is 3. The van der Waals surface area contributed by atoms with Crippen molar-refractivity contribution in [3.63, 3.8) is 0 Å². The summed E-state index contributed by atoms with van der Waals surface area (Å²) in [6.45, 7) is 0.504. The van der Waals surface area contributed by atoms with E-state index in [0.29, 0.717) is 6.61 Å². The standard InChI is InChI=1S/C4H4INO2S/c5-9-8-2-4-1-7-3-6-4/h1,3H,2H2. The minimum absolute atomic E-state index is 0.504. The molecule has 0 unspecified atom stereocenters.